The Morgan fingerprint density at radius 2 is 1.59 bits per heavy atom. The van der Waals surface area contributed by atoms with Crippen molar-refractivity contribution < 1.29 is 13.2 Å². The molecular formula is C26H28N2O3S. The maximum absolute atomic E-state index is 12.5. The molecule has 2 N–H and O–H groups in total. The Bertz CT molecular complexity index is 1160. The lowest BCUT2D eigenvalue weighted by atomic mass is 9.87. The van der Waals surface area contributed by atoms with Crippen LogP contribution >= 0.6 is 0 Å². The van der Waals surface area contributed by atoms with Crippen molar-refractivity contribution in [2.45, 2.75) is 49.6 Å². The van der Waals surface area contributed by atoms with Gasteiger partial charge < -0.3 is 5.32 Å². The van der Waals surface area contributed by atoms with Crippen LogP contribution in [0.25, 0.3) is 0 Å². The summed E-state index contributed by atoms with van der Waals surface area (Å²) in [6.07, 6.45) is 4.05. The third kappa shape index (κ3) is 5.64. The molecule has 0 bridgehead atoms. The molecule has 0 spiro atoms. The van der Waals surface area contributed by atoms with Gasteiger partial charge in [0.2, 0.25) is 15.9 Å². The molecule has 3 aromatic rings. The van der Waals surface area contributed by atoms with Gasteiger partial charge in [0.25, 0.3) is 0 Å². The van der Waals surface area contributed by atoms with Crippen molar-refractivity contribution in [3.63, 3.8) is 0 Å². The number of carbonyl (C=O) groups is 1. The van der Waals surface area contributed by atoms with E-state index in [-0.39, 0.29) is 23.4 Å². The molecule has 32 heavy (non-hydrogen) atoms. The molecule has 0 aliphatic heterocycles. The lowest BCUT2D eigenvalue weighted by Gasteiger charge is -2.26. The van der Waals surface area contributed by atoms with Crippen molar-refractivity contribution in [2.24, 2.45) is 0 Å². The van der Waals surface area contributed by atoms with Crippen molar-refractivity contribution in [1.29, 1.82) is 0 Å². The number of benzene rings is 3. The largest absolute Gasteiger partial charge is 0.349 e. The zero-order chi connectivity index (χ0) is 22.4. The van der Waals surface area contributed by atoms with Gasteiger partial charge >= 0.3 is 0 Å². The van der Waals surface area contributed by atoms with Crippen LogP contribution in [0.2, 0.25) is 0 Å². The maximum Gasteiger partial charge on any atom is 0.240 e. The minimum absolute atomic E-state index is 0.0212. The van der Waals surface area contributed by atoms with E-state index in [1.165, 1.54) is 11.1 Å². The van der Waals surface area contributed by atoms with Crippen LogP contribution in [0.3, 0.4) is 0 Å². The van der Waals surface area contributed by atoms with Crippen molar-refractivity contribution in [3.8, 4) is 0 Å². The second-order valence-electron chi connectivity index (χ2n) is 8.17. The van der Waals surface area contributed by atoms with Gasteiger partial charge in [-0.3, -0.25) is 4.79 Å². The Hall–Kier alpha value is -2.96. The summed E-state index contributed by atoms with van der Waals surface area (Å²) in [7, 11) is -3.58. The number of hydrogen-bond donors (Lipinski definition) is 2. The molecule has 1 aliphatic rings. The number of amides is 1. The van der Waals surface area contributed by atoms with Crippen LogP contribution < -0.4 is 10.0 Å². The minimum Gasteiger partial charge on any atom is -0.349 e. The van der Waals surface area contributed by atoms with Gasteiger partial charge in [0, 0.05) is 13.0 Å². The highest BCUT2D eigenvalue weighted by Crippen LogP contribution is 2.29. The minimum atomic E-state index is -3.58. The van der Waals surface area contributed by atoms with Gasteiger partial charge in [-0.05, 0) is 60.1 Å². The fourth-order valence-electron chi connectivity index (χ4n) is 4.12. The molecule has 1 aliphatic carbocycles. The Balaban J connectivity index is 1.30. The lowest BCUT2D eigenvalue weighted by molar-refractivity contribution is -0.121. The van der Waals surface area contributed by atoms with E-state index in [2.05, 4.69) is 22.2 Å². The van der Waals surface area contributed by atoms with Gasteiger partial charge in [0.1, 0.15) is 0 Å². The Labute approximate surface area is 189 Å². The highest BCUT2D eigenvalue weighted by molar-refractivity contribution is 7.89. The molecule has 0 saturated heterocycles. The van der Waals surface area contributed by atoms with Gasteiger partial charge in [-0.2, -0.15) is 0 Å². The van der Waals surface area contributed by atoms with Crippen LogP contribution in [-0.2, 0) is 34.2 Å². The average molecular weight is 449 g/mol. The second kappa shape index (κ2) is 10.1. The van der Waals surface area contributed by atoms with Gasteiger partial charge in [0.15, 0.2) is 0 Å². The molecule has 4 rings (SSSR count). The first-order valence-corrected chi connectivity index (χ1v) is 12.5. The first-order chi connectivity index (χ1) is 15.5. The fraction of sp³-hybridized carbons (Fsp3) is 0.269. The maximum atomic E-state index is 12.5. The molecule has 1 amide bonds. The van der Waals surface area contributed by atoms with Crippen LogP contribution in [0, 0.1) is 0 Å². The molecule has 0 saturated carbocycles. The van der Waals surface area contributed by atoms with E-state index < -0.39 is 10.0 Å². The summed E-state index contributed by atoms with van der Waals surface area (Å²) >= 11 is 0. The molecular weight excluding hydrogens is 420 g/mol. The molecule has 6 heteroatoms. The highest BCUT2D eigenvalue weighted by atomic mass is 32.2. The summed E-state index contributed by atoms with van der Waals surface area (Å²) in [6.45, 7) is 0.245. The first kappa shape index (κ1) is 22.2. The molecule has 166 valence electrons. The van der Waals surface area contributed by atoms with Crippen molar-refractivity contribution >= 4 is 15.9 Å². The van der Waals surface area contributed by atoms with Crippen LogP contribution in [0.4, 0.5) is 0 Å². The van der Waals surface area contributed by atoms with E-state index in [0.717, 1.165) is 30.4 Å². The Morgan fingerprint density at radius 1 is 0.875 bits per heavy atom. The Morgan fingerprint density at radius 3 is 2.38 bits per heavy atom. The number of carbonyl (C=O) groups excluding carboxylic acids is 1. The summed E-state index contributed by atoms with van der Waals surface area (Å²) in [4.78, 5) is 12.7. The van der Waals surface area contributed by atoms with Crippen molar-refractivity contribution in [1.82, 2.24) is 10.0 Å². The van der Waals surface area contributed by atoms with E-state index in [1.54, 1.807) is 24.3 Å². The molecule has 3 aromatic carbocycles. The smallest absolute Gasteiger partial charge is 0.240 e. The topological polar surface area (TPSA) is 75.3 Å². The molecule has 1 atom stereocenters. The summed E-state index contributed by atoms with van der Waals surface area (Å²) in [5.41, 5.74) is 4.39. The average Bonchev–Trinajstić information content (AvgIpc) is 2.83. The first-order valence-electron chi connectivity index (χ1n) is 11.0. The zero-order valence-electron chi connectivity index (χ0n) is 18.0. The van der Waals surface area contributed by atoms with E-state index >= 15 is 0 Å². The number of aryl methyl sites for hydroxylation is 2. The number of nitrogens with one attached hydrogen (secondary N) is 2. The van der Waals surface area contributed by atoms with E-state index in [1.807, 2.05) is 42.5 Å². The number of sulfonamides is 1. The fourth-order valence-corrected chi connectivity index (χ4v) is 5.14. The van der Waals surface area contributed by atoms with Crippen LogP contribution in [0.5, 0.6) is 0 Å². The molecule has 0 radical (unpaired) electrons. The standard InChI is InChI=1S/C26H28N2O3S/c29-26(28-25-12-6-10-22-9-4-5-11-24(22)25)18-15-20-13-16-23(17-14-20)32(30,31)27-19-21-7-2-1-3-8-21/h1-5,7-9,11,13-14,16-17,25,27H,6,10,12,15,18-19H2,(H,28,29). The second-order valence-corrected chi connectivity index (χ2v) is 9.93. The molecule has 1 unspecified atom stereocenters. The SMILES string of the molecule is O=C(CCc1ccc(S(=O)(=O)NCc2ccccc2)cc1)NC1CCCc2ccccc21. The third-order valence-electron chi connectivity index (χ3n) is 5.89. The van der Waals surface area contributed by atoms with Gasteiger partial charge in [-0.1, -0.05) is 66.7 Å². The van der Waals surface area contributed by atoms with Crippen LogP contribution in [0.1, 0.15) is 47.6 Å². The van der Waals surface area contributed by atoms with E-state index in [4.69, 9.17) is 0 Å². The predicted octanol–water partition coefficient (Wildman–Crippen LogP) is 4.29. The number of hydrogen-bond acceptors (Lipinski definition) is 3. The Kier molecular flexibility index (Phi) is 7.02. The van der Waals surface area contributed by atoms with Crippen LogP contribution in [0.15, 0.2) is 83.8 Å². The summed E-state index contributed by atoms with van der Waals surface area (Å²) < 4.78 is 27.7. The van der Waals surface area contributed by atoms with Crippen molar-refractivity contribution in [3.05, 3.63) is 101 Å². The monoisotopic (exact) mass is 448 g/mol. The van der Waals surface area contributed by atoms with E-state index in [0.29, 0.717) is 12.8 Å². The van der Waals surface area contributed by atoms with Crippen molar-refractivity contribution in [2.75, 3.05) is 0 Å². The summed E-state index contributed by atoms with van der Waals surface area (Å²) in [5.74, 6) is 0.0212. The molecule has 0 heterocycles. The highest BCUT2D eigenvalue weighted by Gasteiger charge is 2.21. The van der Waals surface area contributed by atoms with Gasteiger partial charge in [0.05, 0.1) is 10.9 Å². The zero-order valence-corrected chi connectivity index (χ0v) is 18.8. The molecule has 0 aromatic heterocycles. The summed E-state index contributed by atoms with van der Waals surface area (Å²) in [5, 5.41) is 3.17. The van der Waals surface area contributed by atoms with Gasteiger partial charge in [-0.25, -0.2) is 13.1 Å². The van der Waals surface area contributed by atoms with E-state index in [9.17, 15) is 13.2 Å². The van der Waals surface area contributed by atoms with Crippen LogP contribution in [-0.4, -0.2) is 14.3 Å². The number of rotatable bonds is 8. The quantitative estimate of drug-likeness (QED) is 0.540. The van der Waals surface area contributed by atoms with Gasteiger partial charge in [-0.15, -0.1) is 0 Å². The molecule has 5 nitrogen and oxygen atoms in total. The predicted molar refractivity (Wildman–Crippen MR) is 125 cm³/mol. The normalized spacial score (nSPS) is 15.7. The lowest BCUT2D eigenvalue weighted by Crippen LogP contribution is -2.31. The number of fused-ring (bicyclic) bond motifs is 1. The summed E-state index contributed by atoms with van der Waals surface area (Å²) in [6, 6.07) is 24.5. The third-order valence-corrected chi connectivity index (χ3v) is 7.31. The molecule has 0 fully saturated rings.